The molecule has 0 aromatic heterocycles. The summed E-state index contributed by atoms with van der Waals surface area (Å²) in [7, 11) is 0. The van der Waals surface area contributed by atoms with E-state index in [0.717, 1.165) is 17.8 Å². The fraction of sp³-hybridized carbons (Fsp3) is 0.333. The number of hydrogen-bond acceptors (Lipinski definition) is 1. The van der Waals surface area contributed by atoms with E-state index in [4.69, 9.17) is 0 Å². The topological polar surface area (TPSA) is 3.24 Å². The Morgan fingerprint density at radius 3 is 1.93 bits per heavy atom. The third kappa shape index (κ3) is 3.91. The molecular weight excluding hydrogens is 338 g/mol. The predicted molar refractivity (Wildman–Crippen MR) is 118 cm³/mol. The smallest absolute Gasteiger partial charge is 0.00157 e. The summed E-state index contributed by atoms with van der Waals surface area (Å²) in [4.78, 5) is 2.71. The molecule has 3 aromatic rings. The lowest BCUT2D eigenvalue weighted by molar-refractivity contribution is 0.203. The Morgan fingerprint density at radius 2 is 1.25 bits per heavy atom. The number of piperidine rings is 1. The molecule has 1 aliphatic heterocycles. The van der Waals surface area contributed by atoms with Gasteiger partial charge in [0.05, 0.1) is 0 Å². The van der Waals surface area contributed by atoms with E-state index in [1.165, 1.54) is 55.6 Å². The van der Waals surface area contributed by atoms with Gasteiger partial charge in [0, 0.05) is 6.54 Å². The van der Waals surface area contributed by atoms with E-state index in [1.807, 2.05) is 0 Å². The van der Waals surface area contributed by atoms with Crippen LogP contribution in [0.25, 0.3) is 11.1 Å². The van der Waals surface area contributed by atoms with Crippen LogP contribution in [-0.4, -0.2) is 24.5 Å². The van der Waals surface area contributed by atoms with Gasteiger partial charge in [-0.3, -0.25) is 0 Å². The fourth-order valence-electron chi connectivity index (χ4n) is 4.92. The SMILES string of the molecule is c1ccc(-c2ccc(C3CCN(CC4CC4c4ccccc4)CC3)cc2)cc1. The highest BCUT2D eigenvalue weighted by atomic mass is 15.1. The fourth-order valence-corrected chi connectivity index (χ4v) is 4.92. The zero-order valence-electron chi connectivity index (χ0n) is 16.5. The maximum Gasteiger partial charge on any atom is 0.00157 e. The summed E-state index contributed by atoms with van der Waals surface area (Å²) >= 11 is 0. The highest BCUT2D eigenvalue weighted by Gasteiger charge is 2.39. The lowest BCUT2D eigenvalue weighted by Crippen LogP contribution is -2.34. The first kappa shape index (κ1) is 17.7. The zero-order chi connectivity index (χ0) is 18.8. The van der Waals surface area contributed by atoms with Crippen LogP contribution in [0.15, 0.2) is 84.9 Å². The lowest BCUT2D eigenvalue weighted by atomic mass is 9.88. The van der Waals surface area contributed by atoms with E-state index < -0.39 is 0 Å². The van der Waals surface area contributed by atoms with Crippen molar-refractivity contribution in [2.75, 3.05) is 19.6 Å². The van der Waals surface area contributed by atoms with Gasteiger partial charge in [-0.25, -0.2) is 0 Å². The molecule has 1 nitrogen and oxygen atoms in total. The summed E-state index contributed by atoms with van der Waals surface area (Å²) < 4.78 is 0. The molecule has 3 aromatic carbocycles. The number of hydrogen-bond donors (Lipinski definition) is 0. The van der Waals surface area contributed by atoms with Crippen molar-refractivity contribution in [1.82, 2.24) is 4.90 Å². The molecule has 1 heterocycles. The van der Waals surface area contributed by atoms with Crippen LogP contribution in [-0.2, 0) is 0 Å². The molecule has 0 spiro atoms. The highest BCUT2D eigenvalue weighted by molar-refractivity contribution is 5.63. The van der Waals surface area contributed by atoms with Gasteiger partial charge in [-0.05, 0) is 72.4 Å². The van der Waals surface area contributed by atoms with Gasteiger partial charge in [0.1, 0.15) is 0 Å². The molecule has 2 unspecified atom stereocenters. The Kier molecular flexibility index (Phi) is 5.01. The molecule has 2 atom stereocenters. The van der Waals surface area contributed by atoms with E-state index in [-0.39, 0.29) is 0 Å². The molecule has 0 bridgehead atoms. The molecule has 0 radical (unpaired) electrons. The van der Waals surface area contributed by atoms with Gasteiger partial charge in [-0.2, -0.15) is 0 Å². The first-order valence-electron chi connectivity index (χ1n) is 10.8. The quantitative estimate of drug-likeness (QED) is 0.509. The third-order valence-electron chi connectivity index (χ3n) is 6.72. The van der Waals surface area contributed by atoms with Gasteiger partial charge in [-0.15, -0.1) is 0 Å². The van der Waals surface area contributed by atoms with Crippen molar-refractivity contribution in [3.63, 3.8) is 0 Å². The van der Waals surface area contributed by atoms with Gasteiger partial charge in [-0.1, -0.05) is 84.9 Å². The second kappa shape index (κ2) is 7.93. The van der Waals surface area contributed by atoms with Crippen LogP contribution in [0.1, 0.15) is 42.2 Å². The van der Waals surface area contributed by atoms with Crippen LogP contribution >= 0.6 is 0 Å². The van der Waals surface area contributed by atoms with Gasteiger partial charge in [0.25, 0.3) is 0 Å². The maximum absolute atomic E-state index is 2.71. The predicted octanol–water partition coefficient (Wildman–Crippen LogP) is 6.34. The average Bonchev–Trinajstić information content (AvgIpc) is 3.55. The van der Waals surface area contributed by atoms with Crippen LogP contribution in [0.4, 0.5) is 0 Å². The number of rotatable bonds is 5. The Balaban J connectivity index is 1.14. The Labute approximate surface area is 169 Å². The van der Waals surface area contributed by atoms with Gasteiger partial charge in [0.15, 0.2) is 0 Å². The second-order valence-corrected chi connectivity index (χ2v) is 8.58. The number of benzene rings is 3. The zero-order valence-corrected chi connectivity index (χ0v) is 16.5. The standard InChI is InChI=1S/C27H29N/c1-3-7-21(8-4-1)22-11-13-23(14-12-22)24-15-17-28(18-16-24)20-26-19-27(26)25-9-5-2-6-10-25/h1-14,24,26-27H,15-20H2. The third-order valence-corrected chi connectivity index (χ3v) is 6.72. The summed E-state index contributed by atoms with van der Waals surface area (Å²) in [6.45, 7) is 3.80. The largest absolute Gasteiger partial charge is 0.303 e. The van der Waals surface area contributed by atoms with Crippen molar-refractivity contribution in [3.05, 3.63) is 96.1 Å². The summed E-state index contributed by atoms with van der Waals surface area (Å²) in [5.41, 5.74) is 5.69. The van der Waals surface area contributed by atoms with E-state index in [1.54, 1.807) is 5.56 Å². The Hall–Kier alpha value is -2.38. The number of nitrogens with zero attached hydrogens (tertiary/aromatic N) is 1. The maximum atomic E-state index is 2.71. The summed E-state index contributed by atoms with van der Waals surface area (Å²) in [6, 6.07) is 31.1. The Morgan fingerprint density at radius 1 is 0.643 bits per heavy atom. The van der Waals surface area contributed by atoms with Gasteiger partial charge in [0.2, 0.25) is 0 Å². The first-order valence-corrected chi connectivity index (χ1v) is 10.8. The molecule has 1 heteroatoms. The van der Waals surface area contributed by atoms with Gasteiger partial charge >= 0.3 is 0 Å². The first-order chi connectivity index (χ1) is 13.9. The van der Waals surface area contributed by atoms with Crippen molar-refractivity contribution < 1.29 is 0 Å². The minimum Gasteiger partial charge on any atom is -0.303 e. The van der Waals surface area contributed by atoms with Crippen molar-refractivity contribution in [2.45, 2.75) is 31.1 Å². The molecule has 1 saturated carbocycles. The molecule has 5 rings (SSSR count). The molecule has 2 fully saturated rings. The van der Waals surface area contributed by atoms with E-state index in [2.05, 4.69) is 89.8 Å². The van der Waals surface area contributed by atoms with Crippen LogP contribution in [0, 0.1) is 5.92 Å². The van der Waals surface area contributed by atoms with E-state index in [0.29, 0.717) is 0 Å². The summed E-state index contributed by atoms with van der Waals surface area (Å²) in [5.74, 6) is 2.42. The lowest BCUT2D eigenvalue weighted by Gasteiger charge is -2.32. The minimum absolute atomic E-state index is 0.727. The normalized spacial score (nSPS) is 22.9. The molecule has 0 N–H and O–H groups in total. The summed E-state index contributed by atoms with van der Waals surface area (Å²) in [6.07, 6.45) is 3.98. The Bertz CT molecular complexity index is 877. The molecule has 0 amide bonds. The molecular formula is C27H29N. The molecule has 28 heavy (non-hydrogen) atoms. The molecule has 142 valence electrons. The molecule has 2 aliphatic rings. The minimum atomic E-state index is 0.727. The average molecular weight is 368 g/mol. The number of likely N-dealkylation sites (tertiary alicyclic amines) is 1. The molecule has 1 saturated heterocycles. The monoisotopic (exact) mass is 367 g/mol. The van der Waals surface area contributed by atoms with Crippen LogP contribution in [0.2, 0.25) is 0 Å². The summed E-state index contributed by atoms with van der Waals surface area (Å²) in [5, 5.41) is 0. The van der Waals surface area contributed by atoms with Crippen LogP contribution < -0.4 is 0 Å². The van der Waals surface area contributed by atoms with E-state index in [9.17, 15) is 0 Å². The van der Waals surface area contributed by atoms with Crippen LogP contribution in [0.5, 0.6) is 0 Å². The van der Waals surface area contributed by atoms with Gasteiger partial charge < -0.3 is 4.90 Å². The van der Waals surface area contributed by atoms with Crippen molar-refractivity contribution in [1.29, 1.82) is 0 Å². The molecule has 1 aliphatic carbocycles. The van der Waals surface area contributed by atoms with Crippen molar-refractivity contribution in [2.24, 2.45) is 5.92 Å². The second-order valence-electron chi connectivity index (χ2n) is 8.58. The van der Waals surface area contributed by atoms with Crippen molar-refractivity contribution >= 4 is 0 Å². The highest BCUT2D eigenvalue weighted by Crippen LogP contribution is 2.48. The van der Waals surface area contributed by atoms with E-state index >= 15 is 0 Å². The van der Waals surface area contributed by atoms with Crippen molar-refractivity contribution in [3.8, 4) is 11.1 Å². The van der Waals surface area contributed by atoms with Crippen LogP contribution in [0.3, 0.4) is 0 Å².